The molecule has 1 aromatic carbocycles. The van der Waals surface area contributed by atoms with Crippen molar-refractivity contribution in [1.82, 2.24) is 4.98 Å². The van der Waals surface area contributed by atoms with E-state index in [1.165, 1.54) is 0 Å². The largest absolute Gasteiger partial charge is 0.497 e. The van der Waals surface area contributed by atoms with Crippen LogP contribution in [0.3, 0.4) is 0 Å². The Morgan fingerprint density at radius 3 is 2.75 bits per heavy atom. The lowest BCUT2D eigenvalue weighted by molar-refractivity contribution is 0.134. The van der Waals surface area contributed by atoms with Gasteiger partial charge in [0.05, 0.1) is 19.2 Å². The topological polar surface area (TPSA) is 43.4 Å². The molecule has 0 spiro atoms. The maximum Gasteiger partial charge on any atom is 0.132 e. The van der Waals surface area contributed by atoms with E-state index in [0.717, 1.165) is 41.0 Å². The van der Waals surface area contributed by atoms with Crippen LogP contribution in [0.4, 0.5) is 5.82 Å². The van der Waals surface area contributed by atoms with Gasteiger partial charge in [0.1, 0.15) is 11.6 Å². The van der Waals surface area contributed by atoms with Gasteiger partial charge in [0.25, 0.3) is 0 Å². The summed E-state index contributed by atoms with van der Waals surface area (Å²) < 4.78 is 10.8. The van der Waals surface area contributed by atoms with Gasteiger partial charge in [0, 0.05) is 30.2 Å². The minimum Gasteiger partial charge on any atom is -0.497 e. The van der Waals surface area contributed by atoms with Gasteiger partial charge in [-0.25, -0.2) is 4.98 Å². The van der Waals surface area contributed by atoms with E-state index in [4.69, 9.17) is 14.5 Å². The Balaban J connectivity index is 2.40. The zero-order chi connectivity index (χ0) is 14.4. The van der Waals surface area contributed by atoms with Crippen LogP contribution in [0.5, 0.6) is 5.75 Å². The predicted molar refractivity (Wildman–Crippen MR) is 82.4 cm³/mol. The maximum atomic E-state index is 5.53. The zero-order valence-electron chi connectivity index (χ0n) is 12.4. The summed E-state index contributed by atoms with van der Waals surface area (Å²) in [4.78, 5) is 4.70. The molecule has 0 radical (unpaired) electrons. The zero-order valence-corrected chi connectivity index (χ0v) is 12.4. The lowest BCUT2D eigenvalue weighted by Gasteiger charge is -2.12. The van der Waals surface area contributed by atoms with Crippen molar-refractivity contribution in [3.05, 3.63) is 29.8 Å². The number of fused-ring (bicyclic) bond motifs is 1. The fourth-order valence-electron chi connectivity index (χ4n) is 2.04. The molecule has 0 atom stereocenters. The number of pyridine rings is 1. The monoisotopic (exact) mass is 274 g/mol. The molecule has 0 aliphatic heterocycles. The van der Waals surface area contributed by atoms with Crippen LogP contribution in [0, 0.1) is 0 Å². The number of aromatic nitrogens is 1. The van der Waals surface area contributed by atoms with Crippen molar-refractivity contribution in [2.75, 3.05) is 25.6 Å². The van der Waals surface area contributed by atoms with Crippen LogP contribution >= 0.6 is 0 Å². The van der Waals surface area contributed by atoms with Gasteiger partial charge in [0.2, 0.25) is 0 Å². The maximum absolute atomic E-state index is 5.53. The number of rotatable bonds is 7. The number of methoxy groups -OCH3 is 1. The van der Waals surface area contributed by atoms with E-state index in [1.54, 1.807) is 7.11 Å². The first kappa shape index (κ1) is 14.6. The Morgan fingerprint density at radius 2 is 2.05 bits per heavy atom. The second-order valence-electron chi connectivity index (χ2n) is 4.62. The van der Waals surface area contributed by atoms with E-state index in [-0.39, 0.29) is 0 Å². The molecule has 0 unspecified atom stereocenters. The average molecular weight is 274 g/mol. The molecule has 0 aliphatic rings. The second-order valence-corrected chi connectivity index (χ2v) is 4.62. The highest BCUT2D eigenvalue weighted by Crippen LogP contribution is 2.24. The number of anilines is 1. The number of hydrogen-bond acceptors (Lipinski definition) is 4. The smallest absolute Gasteiger partial charge is 0.132 e. The Morgan fingerprint density at radius 1 is 1.20 bits per heavy atom. The van der Waals surface area contributed by atoms with Crippen LogP contribution in [-0.2, 0) is 11.3 Å². The third-order valence-corrected chi connectivity index (χ3v) is 3.11. The van der Waals surface area contributed by atoms with Crippen LogP contribution in [0.15, 0.2) is 24.3 Å². The summed E-state index contributed by atoms with van der Waals surface area (Å²) in [5.74, 6) is 1.73. The lowest BCUT2D eigenvalue weighted by Crippen LogP contribution is -2.07. The molecule has 0 fully saturated rings. The summed E-state index contributed by atoms with van der Waals surface area (Å²) in [7, 11) is 1.67. The SMILES string of the molecule is CCCNc1nc2cc(OC)ccc2cc1COCC. The van der Waals surface area contributed by atoms with Crippen LogP contribution in [0.1, 0.15) is 25.8 Å². The number of ether oxygens (including phenoxy) is 2. The van der Waals surface area contributed by atoms with Gasteiger partial charge in [-0.15, -0.1) is 0 Å². The van der Waals surface area contributed by atoms with Crippen molar-refractivity contribution in [2.45, 2.75) is 26.9 Å². The Labute approximate surface area is 120 Å². The molecule has 0 aliphatic carbocycles. The first-order valence-electron chi connectivity index (χ1n) is 7.07. The standard InChI is InChI=1S/C16H22N2O2/c1-4-8-17-16-13(11-20-5-2)9-12-6-7-14(19-3)10-15(12)18-16/h6-7,9-10H,4-5,8,11H2,1-3H3,(H,17,18). The van der Waals surface area contributed by atoms with E-state index in [0.29, 0.717) is 13.2 Å². The highest BCUT2D eigenvalue weighted by molar-refractivity contribution is 5.83. The summed E-state index contributed by atoms with van der Waals surface area (Å²) in [6.45, 7) is 6.32. The lowest BCUT2D eigenvalue weighted by atomic mass is 10.1. The molecule has 2 aromatic rings. The number of nitrogens with one attached hydrogen (secondary N) is 1. The van der Waals surface area contributed by atoms with E-state index in [9.17, 15) is 0 Å². The third kappa shape index (κ3) is 3.39. The van der Waals surface area contributed by atoms with Crippen molar-refractivity contribution < 1.29 is 9.47 Å². The van der Waals surface area contributed by atoms with Crippen molar-refractivity contribution in [3.8, 4) is 5.75 Å². The van der Waals surface area contributed by atoms with E-state index < -0.39 is 0 Å². The van der Waals surface area contributed by atoms with Crippen molar-refractivity contribution in [3.63, 3.8) is 0 Å². The van der Waals surface area contributed by atoms with Gasteiger partial charge in [-0.3, -0.25) is 0 Å². The molecule has 0 saturated carbocycles. The Bertz CT molecular complexity index is 570. The van der Waals surface area contributed by atoms with Crippen molar-refractivity contribution >= 4 is 16.7 Å². The number of hydrogen-bond donors (Lipinski definition) is 1. The quantitative estimate of drug-likeness (QED) is 0.837. The summed E-state index contributed by atoms with van der Waals surface area (Å²) in [5, 5.41) is 4.47. The van der Waals surface area contributed by atoms with Crippen LogP contribution < -0.4 is 10.1 Å². The molecule has 1 heterocycles. The second kappa shape index (κ2) is 7.10. The molecule has 0 amide bonds. The Hall–Kier alpha value is -1.81. The minimum absolute atomic E-state index is 0.581. The summed E-state index contributed by atoms with van der Waals surface area (Å²) in [5.41, 5.74) is 2.03. The molecule has 1 N–H and O–H groups in total. The van der Waals surface area contributed by atoms with Gasteiger partial charge in [-0.2, -0.15) is 0 Å². The molecule has 108 valence electrons. The van der Waals surface area contributed by atoms with Gasteiger partial charge in [-0.1, -0.05) is 6.92 Å². The van der Waals surface area contributed by atoms with E-state index in [1.807, 2.05) is 25.1 Å². The fraction of sp³-hybridized carbons (Fsp3) is 0.438. The van der Waals surface area contributed by atoms with Gasteiger partial charge < -0.3 is 14.8 Å². The molecule has 4 heteroatoms. The molecular formula is C16H22N2O2. The molecule has 2 rings (SSSR count). The molecule has 20 heavy (non-hydrogen) atoms. The molecule has 1 aromatic heterocycles. The van der Waals surface area contributed by atoms with Crippen LogP contribution in [0.2, 0.25) is 0 Å². The summed E-state index contributed by atoms with van der Waals surface area (Å²) in [6.07, 6.45) is 1.06. The highest BCUT2D eigenvalue weighted by Gasteiger charge is 2.07. The molecular weight excluding hydrogens is 252 g/mol. The van der Waals surface area contributed by atoms with Crippen LogP contribution in [0.25, 0.3) is 10.9 Å². The highest BCUT2D eigenvalue weighted by atomic mass is 16.5. The van der Waals surface area contributed by atoms with E-state index >= 15 is 0 Å². The van der Waals surface area contributed by atoms with Crippen molar-refractivity contribution in [2.24, 2.45) is 0 Å². The third-order valence-electron chi connectivity index (χ3n) is 3.11. The first-order chi connectivity index (χ1) is 9.78. The summed E-state index contributed by atoms with van der Waals surface area (Å²) >= 11 is 0. The molecule has 0 saturated heterocycles. The molecule has 0 bridgehead atoms. The van der Waals surface area contributed by atoms with Gasteiger partial charge >= 0.3 is 0 Å². The normalized spacial score (nSPS) is 10.8. The number of nitrogens with zero attached hydrogens (tertiary/aromatic N) is 1. The van der Waals surface area contributed by atoms with Crippen molar-refractivity contribution in [1.29, 1.82) is 0 Å². The van der Waals surface area contributed by atoms with Gasteiger partial charge in [0.15, 0.2) is 0 Å². The first-order valence-corrected chi connectivity index (χ1v) is 7.07. The Kier molecular flexibility index (Phi) is 5.18. The van der Waals surface area contributed by atoms with E-state index in [2.05, 4.69) is 18.3 Å². The van der Waals surface area contributed by atoms with Crippen LogP contribution in [-0.4, -0.2) is 25.2 Å². The molecule has 4 nitrogen and oxygen atoms in total. The average Bonchev–Trinajstić information content (AvgIpc) is 2.49. The number of benzene rings is 1. The fourth-order valence-corrected chi connectivity index (χ4v) is 2.04. The summed E-state index contributed by atoms with van der Waals surface area (Å²) in [6, 6.07) is 8.07. The van der Waals surface area contributed by atoms with Gasteiger partial charge in [-0.05, 0) is 31.5 Å². The minimum atomic E-state index is 0.581. The predicted octanol–water partition coefficient (Wildman–Crippen LogP) is 3.60.